The van der Waals surface area contributed by atoms with E-state index in [0.717, 1.165) is 19.9 Å². The molecule has 3 rings (SSSR count). The molecule has 1 N–H and O–H groups in total. The largest absolute Gasteiger partial charge is 0.477 e. The third-order valence-corrected chi connectivity index (χ3v) is 5.79. The van der Waals surface area contributed by atoms with Crippen molar-refractivity contribution in [2.75, 3.05) is 6.26 Å². The number of halogens is 1. The molecule has 2 aromatic heterocycles. The second-order valence-corrected chi connectivity index (χ2v) is 7.03. The van der Waals surface area contributed by atoms with E-state index >= 15 is 0 Å². The number of carboxylic acid groups (broad SMARTS) is 1. The highest BCUT2D eigenvalue weighted by atomic mass is 32.2. The molecule has 0 aliphatic carbocycles. The van der Waals surface area contributed by atoms with Gasteiger partial charge in [0.1, 0.15) is 17.3 Å². The van der Waals surface area contributed by atoms with Crippen LogP contribution in [0.1, 0.15) is 16.1 Å². The molecule has 25 heavy (non-hydrogen) atoms. The Kier molecular flexibility index (Phi) is 4.66. The summed E-state index contributed by atoms with van der Waals surface area (Å²) >= 11 is 3.27. The van der Waals surface area contributed by atoms with Crippen molar-refractivity contribution in [3.63, 3.8) is 0 Å². The molecule has 2 heterocycles. The smallest absolute Gasteiger partial charge is 0.353 e. The number of benzene rings is 1. The summed E-state index contributed by atoms with van der Waals surface area (Å²) < 4.78 is 15.1. The Morgan fingerprint density at radius 2 is 1.92 bits per heavy atom. The van der Waals surface area contributed by atoms with Gasteiger partial charge >= 0.3 is 5.97 Å². The zero-order valence-electron chi connectivity index (χ0n) is 13.4. The molecular weight excluding hydrogens is 359 g/mol. The third-order valence-electron chi connectivity index (χ3n) is 3.92. The van der Waals surface area contributed by atoms with Gasteiger partial charge in [0.15, 0.2) is 0 Å². The van der Waals surface area contributed by atoms with Gasteiger partial charge in [-0.25, -0.2) is 4.79 Å². The summed E-state index contributed by atoms with van der Waals surface area (Å²) in [4.78, 5) is 13.8. The Bertz CT molecular complexity index is 997. The Morgan fingerprint density at radius 1 is 1.28 bits per heavy atom. The molecule has 0 radical (unpaired) electrons. The van der Waals surface area contributed by atoms with Crippen LogP contribution in [0.4, 0.5) is 4.39 Å². The van der Waals surface area contributed by atoms with Crippen LogP contribution >= 0.6 is 23.1 Å². The van der Waals surface area contributed by atoms with E-state index in [-0.39, 0.29) is 16.8 Å². The average molecular weight is 372 g/mol. The highest BCUT2D eigenvalue weighted by Gasteiger charge is 2.26. The van der Waals surface area contributed by atoms with Crippen molar-refractivity contribution in [1.29, 1.82) is 5.26 Å². The van der Waals surface area contributed by atoms with E-state index in [2.05, 4.69) is 0 Å². The van der Waals surface area contributed by atoms with E-state index in [9.17, 15) is 19.6 Å². The Labute approximate surface area is 152 Å². The fourth-order valence-corrected chi connectivity index (χ4v) is 4.53. The first-order valence-electron chi connectivity index (χ1n) is 7.23. The summed E-state index contributed by atoms with van der Waals surface area (Å²) in [5, 5.41) is 20.7. The van der Waals surface area contributed by atoms with Gasteiger partial charge in [0, 0.05) is 22.4 Å². The third kappa shape index (κ3) is 2.84. The number of hydrogen-bond acceptors (Lipinski definition) is 4. The number of nitrogens with zero attached hydrogens (tertiary/aromatic N) is 2. The van der Waals surface area contributed by atoms with Crippen LogP contribution in [0, 0.1) is 17.3 Å². The van der Waals surface area contributed by atoms with Crippen LogP contribution in [0.15, 0.2) is 40.6 Å². The Hall–Kier alpha value is -2.56. The molecule has 0 amide bonds. The van der Waals surface area contributed by atoms with Crippen molar-refractivity contribution in [2.24, 2.45) is 7.05 Å². The number of rotatable bonds is 4. The highest BCUT2D eigenvalue weighted by Crippen LogP contribution is 2.37. The molecule has 0 saturated carbocycles. The summed E-state index contributed by atoms with van der Waals surface area (Å²) in [6.45, 7) is 0. The van der Waals surface area contributed by atoms with Crippen LogP contribution in [0.2, 0.25) is 0 Å². The number of aromatic nitrogens is 1. The van der Waals surface area contributed by atoms with Crippen molar-refractivity contribution in [3.8, 4) is 27.6 Å². The molecule has 0 bridgehead atoms. The molecule has 126 valence electrons. The van der Waals surface area contributed by atoms with Crippen LogP contribution < -0.4 is 0 Å². The molecule has 0 atom stereocenters. The van der Waals surface area contributed by atoms with Gasteiger partial charge in [-0.3, -0.25) is 0 Å². The van der Waals surface area contributed by atoms with Crippen LogP contribution in [0.25, 0.3) is 21.6 Å². The quantitative estimate of drug-likeness (QED) is 0.665. The predicted molar refractivity (Wildman–Crippen MR) is 97.6 cm³/mol. The molecule has 0 saturated heterocycles. The van der Waals surface area contributed by atoms with Gasteiger partial charge in [-0.1, -0.05) is 24.3 Å². The molecule has 4 nitrogen and oxygen atoms in total. The van der Waals surface area contributed by atoms with Crippen molar-refractivity contribution >= 4 is 29.1 Å². The number of thioether (sulfide) groups is 1. The van der Waals surface area contributed by atoms with Crippen LogP contribution in [-0.4, -0.2) is 21.9 Å². The average Bonchev–Trinajstić information content (AvgIpc) is 3.18. The van der Waals surface area contributed by atoms with E-state index in [1.807, 2.05) is 29.8 Å². The molecule has 0 aliphatic heterocycles. The summed E-state index contributed by atoms with van der Waals surface area (Å²) in [5.74, 6) is -2.12. The molecule has 0 fully saturated rings. The minimum Gasteiger partial charge on any atom is -0.477 e. The fraction of sp³-hybridized carbons (Fsp3) is 0.111. The number of nitriles is 1. The Balaban J connectivity index is 2.14. The van der Waals surface area contributed by atoms with Crippen LogP contribution in [0.3, 0.4) is 0 Å². The van der Waals surface area contributed by atoms with E-state index in [4.69, 9.17) is 0 Å². The minimum absolute atomic E-state index is 0.109. The monoisotopic (exact) mass is 372 g/mol. The number of hydrogen-bond donors (Lipinski definition) is 1. The number of aromatic carboxylic acids is 1. The number of thiophene rings is 1. The summed E-state index contributed by atoms with van der Waals surface area (Å²) in [6, 6.07) is 11.0. The van der Waals surface area contributed by atoms with Crippen molar-refractivity contribution in [2.45, 2.75) is 4.90 Å². The van der Waals surface area contributed by atoms with Gasteiger partial charge in [-0.05, 0) is 28.8 Å². The second kappa shape index (κ2) is 6.75. The zero-order chi connectivity index (χ0) is 18.1. The molecular formula is C18H13FN2O2S2. The van der Waals surface area contributed by atoms with Gasteiger partial charge in [0.05, 0.1) is 0 Å². The first-order chi connectivity index (χ1) is 12.0. The molecule has 3 aromatic rings. The molecule has 0 unspecified atom stereocenters. The molecule has 1 aromatic carbocycles. The highest BCUT2D eigenvalue weighted by molar-refractivity contribution is 7.98. The normalized spacial score (nSPS) is 10.6. The predicted octanol–water partition coefficient (Wildman–Crippen LogP) is 4.85. The molecule has 7 heteroatoms. The van der Waals surface area contributed by atoms with Gasteiger partial charge in [0.2, 0.25) is 5.95 Å². The lowest BCUT2D eigenvalue weighted by Gasteiger charge is -2.06. The Morgan fingerprint density at radius 3 is 2.48 bits per heavy atom. The summed E-state index contributed by atoms with van der Waals surface area (Å²) in [7, 11) is 1.30. The second-order valence-electron chi connectivity index (χ2n) is 5.26. The number of carboxylic acids is 1. The first-order valence-corrected chi connectivity index (χ1v) is 9.33. The van der Waals surface area contributed by atoms with Gasteiger partial charge in [0.25, 0.3) is 0 Å². The van der Waals surface area contributed by atoms with Crippen LogP contribution in [0.5, 0.6) is 0 Å². The zero-order valence-corrected chi connectivity index (χ0v) is 15.0. The summed E-state index contributed by atoms with van der Waals surface area (Å²) in [5.41, 5.74) is 1.11. The fourth-order valence-electron chi connectivity index (χ4n) is 2.75. The lowest BCUT2D eigenvalue weighted by Crippen LogP contribution is -2.07. The summed E-state index contributed by atoms with van der Waals surface area (Å²) in [6.07, 6.45) is 2.00. The van der Waals surface area contributed by atoms with E-state index < -0.39 is 11.9 Å². The number of carbonyl (C=O) groups is 1. The van der Waals surface area contributed by atoms with Gasteiger partial charge in [-0.2, -0.15) is 9.65 Å². The lowest BCUT2D eigenvalue weighted by molar-refractivity contribution is 0.0686. The van der Waals surface area contributed by atoms with E-state index in [0.29, 0.717) is 5.56 Å². The lowest BCUT2D eigenvalue weighted by atomic mass is 10.00. The standard InChI is InChI=1S/C18H13FN2O2S2/c1-21-15(18(22)23)14(12(9-20)17(21)19)10-3-5-11(6-4-10)16-13(24-2)7-8-25-16/h3-8H,1-2H3,(H,22,23). The molecule has 0 aliphatic rings. The van der Waals surface area contributed by atoms with Crippen LogP contribution in [-0.2, 0) is 7.05 Å². The maximum Gasteiger partial charge on any atom is 0.353 e. The topological polar surface area (TPSA) is 66.0 Å². The maximum absolute atomic E-state index is 14.2. The van der Waals surface area contributed by atoms with Crippen molar-refractivity contribution in [3.05, 3.63) is 52.9 Å². The van der Waals surface area contributed by atoms with E-state index in [1.54, 1.807) is 41.3 Å². The van der Waals surface area contributed by atoms with Gasteiger partial charge < -0.3 is 9.67 Å². The SMILES string of the molecule is CSc1ccsc1-c1ccc(-c2c(C#N)c(F)n(C)c2C(=O)O)cc1. The maximum atomic E-state index is 14.2. The van der Waals surface area contributed by atoms with Gasteiger partial charge in [-0.15, -0.1) is 23.1 Å². The van der Waals surface area contributed by atoms with Crippen molar-refractivity contribution in [1.82, 2.24) is 4.57 Å². The van der Waals surface area contributed by atoms with E-state index in [1.165, 1.54) is 7.05 Å². The molecule has 0 spiro atoms. The van der Waals surface area contributed by atoms with Crippen molar-refractivity contribution < 1.29 is 14.3 Å². The minimum atomic E-state index is -1.27. The first kappa shape index (κ1) is 17.3.